The first-order valence-electron chi connectivity index (χ1n) is 11.9. The molecule has 0 spiro atoms. The van der Waals surface area contributed by atoms with Gasteiger partial charge in [0.05, 0.1) is 5.52 Å². The van der Waals surface area contributed by atoms with Gasteiger partial charge in [-0.2, -0.15) is 0 Å². The molecule has 0 saturated carbocycles. The topological polar surface area (TPSA) is 69.0 Å². The van der Waals surface area contributed by atoms with E-state index in [2.05, 4.69) is 89.2 Å². The molecule has 4 N–H and O–H groups in total. The Morgan fingerprint density at radius 3 is 2.37 bits per heavy atom. The third-order valence-corrected chi connectivity index (χ3v) is 6.80. The second kappa shape index (κ2) is 13.0. The van der Waals surface area contributed by atoms with Crippen molar-refractivity contribution in [2.75, 3.05) is 25.0 Å². The van der Waals surface area contributed by atoms with Crippen LogP contribution in [0.15, 0.2) is 92.6 Å². The molecule has 3 aromatic carbocycles. The van der Waals surface area contributed by atoms with Crippen molar-refractivity contribution in [1.82, 2.24) is 15.6 Å². The van der Waals surface area contributed by atoms with Gasteiger partial charge in [0.2, 0.25) is 0 Å². The summed E-state index contributed by atoms with van der Waals surface area (Å²) in [6, 6.07) is 26.4. The number of fused-ring (bicyclic) bond motifs is 1. The number of nitrogens with one attached hydrogen (secondary N) is 4. The minimum atomic E-state index is 0.0272. The smallest absolute Gasteiger partial charge is 0.191 e. The highest BCUT2D eigenvalue weighted by molar-refractivity contribution is 9.11. The van der Waals surface area contributed by atoms with E-state index in [0.717, 1.165) is 59.3 Å². The summed E-state index contributed by atoms with van der Waals surface area (Å²) >= 11 is 7.15. The molecule has 0 amide bonds. The maximum atomic E-state index is 12.4. The lowest BCUT2D eigenvalue weighted by molar-refractivity contribution is 0.456. The van der Waals surface area contributed by atoms with Gasteiger partial charge in [0.1, 0.15) is 5.82 Å². The van der Waals surface area contributed by atoms with Crippen LogP contribution in [-0.2, 0) is 13.0 Å². The Morgan fingerprint density at radius 2 is 1.57 bits per heavy atom. The number of halogens is 2. The van der Waals surface area contributed by atoms with Gasteiger partial charge in [0.25, 0.3) is 0 Å². The van der Waals surface area contributed by atoms with Gasteiger partial charge in [0, 0.05) is 46.1 Å². The summed E-state index contributed by atoms with van der Waals surface area (Å²) in [5.41, 5.74) is 3.43. The van der Waals surface area contributed by atoms with Gasteiger partial charge in [-0.1, -0.05) is 74.3 Å². The molecule has 0 aliphatic rings. The largest absolute Gasteiger partial charge is 0.371 e. The van der Waals surface area contributed by atoms with Crippen LogP contribution in [0, 0.1) is 0 Å². The number of aromatic nitrogens is 1. The summed E-state index contributed by atoms with van der Waals surface area (Å²) in [7, 11) is 0. The van der Waals surface area contributed by atoms with Crippen molar-refractivity contribution < 1.29 is 0 Å². The Morgan fingerprint density at radius 1 is 0.829 bits per heavy atom. The lowest BCUT2D eigenvalue weighted by atomic mass is 10.1. The molecule has 0 saturated heterocycles. The van der Waals surface area contributed by atoms with E-state index in [1.54, 1.807) is 6.07 Å². The maximum absolute atomic E-state index is 12.4. The molecule has 0 aliphatic heterocycles. The Kier molecular flexibility index (Phi) is 9.54. The summed E-state index contributed by atoms with van der Waals surface area (Å²) < 4.78 is 2.12. The van der Waals surface area contributed by atoms with Gasteiger partial charge in [-0.25, -0.2) is 0 Å². The number of rotatable bonds is 12. The van der Waals surface area contributed by atoms with E-state index in [4.69, 9.17) is 0 Å². The fourth-order valence-electron chi connectivity index (χ4n) is 4.08. The molecule has 1 aromatic heterocycles. The van der Waals surface area contributed by atoms with Crippen molar-refractivity contribution in [3.8, 4) is 0 Å². The van der Waals surface area contributed by atoms with E-state index in [1.165, 1.54) is 11.1 Å². The molecule has 0 bridgehead atoms. The van der Waals surface area contributed by atoms with Crippen LogP contribution in [0.2, 0.25) is 0 Å². The molecular formula is C28H30Br2N4O. The predicted molar refractivity (Wildman–Crippen MR) is 153 cm³/mol. The van der Waals surface area contributed by atoms with Crippen molar-refractivity contribution in [3.63, 3.8) is 0 Å². The minimum absolute atomic E-state index is 0.0272. The summed E-state index contributed by atoms with van der Waals surface area (Å²) in [6.07, 6.45) is 1.91. The number of hydrogen-bond acceptors (Lipinski definition) is 4. The van der Waals surface area contributed by atoms with Crippen LogP contribution in [0.4, 0.5) is 5.82 Å². The number of anilines is 1. The quantitative estimate of drug-likeness (QED) is 0.155. The number of pyridine rings is 1. The van der Waals surface area contributed by atoms with Gasteiger partial charge >= 0.3 is 0 Å². The van der Waals surface area contributed by atoms with Crippen molar-refractivity contribution >= 4 is 48.6 Å². The van der Waals surface area contributed by atoms with Crippen LogP contribution in [0.25, 0.3) is 10.9 Å². The minimum Gasteiger partial charge on any atom is -0.371 e. The van der Waals surface area contributed by atoms with Crippen LogP contribution >= 0.6 is 31.9 Å². The van der Waals surface area contributed by atoms with Crippen molar-refractivity contribution in [1.29, 1.82) is 0 Å². The van der Waals surface area contributed by atoms with Crippen LogP contribution < -0.4 is 21.4 Å². The molecular weight excluding hydrogens is 568 g/mol. The first-order chi connectivity index (χ1) is 17.1. The van der Waals surface area contributed by atoms with Gasteiger partial charge in [-0.05, 0) is 60.8 Å². The second-order valence-electron chi connectivity index (χ2n) is 8.60. The molecule has 0 radical (unpaired) electrons. The number of H-pyrrole nitrogens is 1. The first kappa shape index (κ1) is 25.6. The van der Waals surface area contributed by atoms with Crippen LogP contribution in [0.1, 0.15) is 17.5 Å². The number of aromatic amines is 1. The highest BCUT2D eigenvalue weighted by Crippen LogP contribution is 2.20. The average molecular weight is 598 g/mol. The Labute approximate surface area is 223 Å². The number of para-hydroxylation sites is 1. The van der Waals surface area contributed by atoms with E-state index in [-0.39, 0.29) is 11.5 Å². The number of benzene rings is 3. The van der Waals surface area contributed by atoms with Crippen molar-refractivity contribution in [2.24, 2.45) is 0 Å². The van der Waals surface area contributed by atoms with Crippen molar-refractivity contribution in [3.05, 3.63) is 109 Å². The summed E-state index contributed by atoms with van der Waals surface area (Å²) in [6.45, 7) is 3.30. The maximum Gasteiger partial charge on any atom is 0.191 e. The zero-order valence-electron chi connectivity index (χ0n) is 19.5. The van der Waals surface area contributed by atoms with E-state index >= 15 is 0 Å². The Balaban J connectivity index is 1.33. The lowest BCUT2D eigenvalue weighted by Gasteiger charge is -2.20. The molecule has 4 aromatic rings. The SMILES string of the molecule is O=c1cc(NCCC(CNCCc2ccccc2)NCc2cc(Br)cc(Br)c2)[nH]c2ccccc12. The van der Waals surface area contributed by atoms with Crippen LogP contribution in [0.5, 0.6) is 0 Å². The third kappa shape index (κ3) is 8.04. The fraction of sp³-hybridized carbons (Fsp3) is 0.250. The highest BCUT2D eigenvalue weighted by Gasteiger charge is 2.10. The molecule has 7 heteroatoms. The van der Waals surface area contributed by atoms with Gasteiger partial charge in [-0.3, -0.25) is 4.79 Å². The molecule has 182 valence electrons. The summed E-state index contributed by atoms with van der Waals surface area (Å²) in [4.78, 5) is 15.7. The Hall–Kier alpha value is -2.45. The van der Waals surface area contributed by atoms with Crippen molar-refractivity contribution in [2.45, 2.75) is 25.4 Å². The van der Waals surface area contributed by atoms with E-state index in [1.807, 2.05) is 36.4 Å². The normalized spacial score (nSPS) is 12.1. The van der Waals surface area contributed by atoms with Gasteiger partial charge in [0.15, 0.2) is 5.43 Å². The zero-order valence-corrected chi connectivity index (χ0v) is 22.7. The third-order valence-electron chi connectivity index (χ3n) is 5.89. The summed E-state index contributed by atoms with van der Waals surface area (Å²) in [5, 5.41) is 11.4. The molecule has 0 fully saturated rings. The average Bonchev–Trinajstić information content (AvgIpc) is 2.85. The van der Waals surface area contributed by atoms with Gasteiger partial charge in [-0.15, -0.1) is 0 Å². The Bertz CT molecular complexity index is 1270. The molecule has 35 heavy (non-hydrogen) atoms. The molecule has 5 nitrogen and oxygen atoms in total. The lowest BCUT2D eigenvalue weighted by Crippen LogP contribution is -2.40. The predicted octanol–water partition coefficient (Wildman–Crippen LogP) is 5.85. The van der Waals surface area contributed by atoms with E-state index in [0.29, 0.717) is 5.39 Å². The first-order valence-corrected chi connectivity index (χ1v) is 13.4. The molecule has 4 rings (SSSR count). The molecule has 0 aliphatic carbocycles. The summed E-state index contributed by atoms with van der Waals surface area (Å²) in [5.74, 6) is 0.750. The molecule has 1 heterocycles. The van der Waals surface area contributed by atoms with Crippen LogP contribution in [0.3, 0.4) is 0 Å². The monoisotopic (exact) mass is 596 g/mol. The van der Waals surface area contributed by atoms with Crippen LogP contribution in [-0.4, -0.2) is 30.7 Å². The number of hydrogen-bond donors (Lipinski definition) is 4. The molecule has 1 unspecified atom stereocenters. The van der Waals surface area contributed by atoms with E-state index < -0.39 is 0 Å². The van der Waals surface area contributed by atoms with Gasteiger partial charge < -0.3 is 20.9 Å². The molecule has 1 atom stereocenters. The highest BCUT2D eigenvalue weighted by atomic mass is 79.9. The van der Waals surface area contributed by atoms with E-state index in [9.17, 15) is 4.79 Å². The fourth-order valence-corrected chi connectivity index (χ4v) is 5.47. The zero-order chi connectivity index (χ0) is 24.5. The standard InChI is InChI=1S/C28H30Br2N4O/c29-22-14-21(15-23(30)16-22)18-33-24(19-31-12-10-20-6-2-1-3-7-20)11-13-32-28-17-27(35)25-8-4-5-9-26(25)34-28/h1-9,14-17,24,31,33H,10-13,18-19H2,(H2,32,34,35). The second-order valence-corrected chi connectivity index (χ2v) is 10.4.